The highest BCUT2D eigenvalue weighted by Gasteiger charge is 2.43. The molecule has 1 saturated heterocycles. The molecule has 0 amide bonds. The van der Waals surface area contributed by atoms with Crippen molar-refractivity contribution in [3.8, 4) is 0 Å². The molecule has 2 aliphatic rings. The quantitative estimate of drug-likeness (QED) is 0.717. The molecule has 0 aromatic carbocycles. The van der Waals surface area contributed by atoms with E-state index in [4.69, 9.17) is 0 Å². The Kier molecular flexibility index (Phi) is 3.13. The van der Waals surface area contributed by atoms with Gasteiger partial charge in [0.15, 0.2) is 0 Å². The third kappa shape index (κ3) is 2.11. The molecule has 1 spiro atoms. The summed E-state index contributed by atoms with van der Waals surface area (Å²) in [5.41, 5.74) is 0. The lowest BCUT2D eigenvalue weighted by Gasteiger charge is -2.40. The minimum absolute atomic E-state index is 0.456. The fraction of sp³-hybridized carbons (Fsp3) is 1.00. The Morgan fingerprint density at radius 2 is 1.93 bits per heavy atom. The maximum atomic E-state index is 3.88. The van der Waals surface area contributed by atoms with Gasteiger partial charge in [0.1, 0.15) is 0 Å². The first kappa shape index (κ1) is 10.8. The van der Waals surface area contributed by atoms with Crippen LogP contribution in [-0.4, -0.2) is 16.7 Å². The maximum Gasteiger partial charge on any atom is 0.0653 e. The van der Waals surface area contributed by atoms with Crippen LogP contribution in [0.15, 0.2) is 0 Å². The highest BCUT2D eigenvalue weighted by molar-refractivity contribution is 8.00. The Hall–Kier alpha value is 0.310. The van der Waals surface area contributed by atoms with Crippen LogP contribution in [-0.2, 0) is 0 Å². The summed E-state index contributed by atoms with van der Waals surface area (Å²) < 4.78 is 0. The predicted molar refractivity (Wildman–Crippen MR) is 64.6 cm³/mol. The van der Waals surface area contributed by atoms with Gasteiger partial charge in [-0.25, -0.2) is 0 Å². The molecule has 2 rings (SSSR count). The number of rotatable bonds is 1. The summed E-state index contributed by atoms with van der Waals surface area (Å²) in [5, 5.41) is 3.88. The van der Waals surface area contributed by atoms with Gasteiger partial charge in [-0.2, -0.15) is 0 Å². The van der Waals surface area contributed by atoms with E-state index in [2.05, 4.69) is 37.8 Å². The number of hydrogen-bond donors (Lipinski definition) is 1. The zero-order valence-electron chi connectivity index (χ0n) is 9.68. The van der Waals surface area contributed by atoms with Gasteiger partial charge in [0.2, 0.25) is 0 Å². The molecule has 2 heteroatoms. The fourth-order valence-electron chi connectivity index (χ4n) is 3.23. The average molecular weight is 213 g/mol. The minimum Gasteiger partial charge on any atom is -0.299 e. The second-order valence-electron chi connectivity index (χ2n) is 5.41. The molecule has 1 heterocycles. The topological polar surface area (TPSA) is 12.0 Å². The van der Waals surface area contributed by atoms with Crippen LogP contribution >= 0.6 is 11.8 Å². The molecule has 0 radical (unpaired) electrons. The van der Waals surface area contributed by atoms with Crippen LogP contribution in [0.25, 0.3) is 0 Å². The number of nitrogens with one attached hydrogen (secondary N) is 1. The van der Waals surface area contributed by atoms with Crippen molar-refractivity contribution >= 4 is 11.8 Å². The zero-order chi connectivity index (χ0) is 10.2. The van der Waals surface area contributed by atoms with Crippen molar-refractivity contribution in [2.45, 2.75) is 57.4 Å². The Morgan fingerprint density at radius 3 is 2.43 bits per heavy atom. The van der Waals surface area contributed by atoms with Crippen molar-refractivity contribution in [1.29, 1.82) is 0 Å². The molecule has 14 heavy (non-hydrogen) atoms. The molecule has 3 atom stereocenters. The third-order valence-corrected chi connectivity index (χ3v) is 5.25. The molecular formula is C12H23NS. The van der Waals surface area contributed by atoms with Crippen molar-refractivity contribution in [2.24, 2.45) is 11.8 Å². The number of hydrogen-bond acceptors (Lipinski definition) is 2. The summed E-state index contributed by atoms with van der Waals surface area (Å²) in [6.07, 6.45) is 5.50. The van der Waals surface area contributed by atoms with E-state index >= 15 is 0 Å². The summed E-state index contributed by atoms with van der Waals surface area (Å²) in [5.74, 6) is 3.15. The molecule has 1 saturated carbocycles. The monoisotopic (exact) mass is 213 g/mol. The van der Waals surface area contributed by atoms with Gasteiger partial charge in [-0.1, -0.05) is 20.8 Å². The molecule has 1 N–H and O–H groups in total. The summed E-state index contributed by atoms with van der Waals surface area (Å²) in [4.78, 5) is 0.456. The van der Waals surface area contributed by atoms with Gasteiger partial charge in [-0.3, -0.25) is 5.32 Å². The van der Waals surface area contributed by atoms with E-state index in [0.29, 0.717) is 4.87 Å². The van der Waals surface area contributed by atoms with Crippen LogP contribution < -0.4 is 5.32 Å². The highest BCUT2D eigenvalue weighted by atomic mass is 32.2. The first-order valence-corrected chi connectivity index (χ1v) is 7.04. The van der Waals surface area contributed by atoms with Crippen LogP contribution in [0.3, 0.4) is 0 Å². The molecule has 1 nitrogen and oxygen atoms in total. The average Bonchev–Trinajstić information content (AvgIpc) is 2.46. The van der Waals surface area contributed by atoms with Crippen LogP contribution in [0, 0.1) is 11.8 Å². The Labute approximate surface area is 92.4 Å². The van der Waals surface area contributed by atoms with Crippen molar-refractivity contribution in [3.05, 3.63) is 0 Å². The van der Waals surface area contributed by atoms with E-state index in [1.54, 1.807) is 0 Å². The van der Waals surface area contributed by atoms with Gasteiger partial charge in [-0.15, -0.1) is 11.8 Å². The van der Waals surface area contributed by atoms with Crippen molar-refractivity contribution in [3.63, 3.8) is 0 Å². The maximum absolute atomic E-state index is 3.88. The van der Waals surface area contributed by atoms with Crippen LogP contribution in [0.5, 0.6) is 0 Å². The van der Waals surface area contributed by atoms with Crippen LogP contribution in [0.1, 0.15) is 46.5 Å². The van der Waals surface area contributed by atoms with Crippen molar-refractivity contribution in [2.75, 3.05) is 5.75 Å². The second-order valence-corrected chi connectivity index (χ2v) is 6.81. The van der Waals surface area contributed by atoms with Gasteiger partial charge in [0.05, 0.1) is 4.87 Å². The van der Waals surface area contributed by atoms with Gasteiger partial charge in [-0.05, 0) is 37.5 Å². The molecule has 0 aromatic heterocycles. The molecule has 82 valence electrons. The van der Waals surface area contributed by atoms with E-state index in [1.165, 1.54) is 31.4 Å². The van der Waals surface area contributed by atoms with Crippen LogP contribution in [0.4, 0.5) is 0 Å². The molecule has 0 bridgehead atoms. The molecular weight excluding hydrogens is 190 g/mol. The van der Waals surface area contributed by atoms with Gasteiger partial charge >= 0.3 is 0 Å². The van der Waals surface area contributed by atoms with Crippen molar-refractivity contribution < 1.29 is 0 Å². The molecule has 3 unspecified atom stereocenters. The highest BCUT2D eigenvalue weighted by Crippen LogP contribution is 2.46. The second kappa shape index (κ2) is 4.05. The zero-order valence-corrected chi connectivity index (χ0v) is 10.5. The van der Waals surface area contributed by atoms with E-state index in [1.807, 2.05) is 0 Å². The summed E-state index contributed by atoms with van der Waals surface area (Å²) in [6, 6.07) is 0.775. The van der Waals surface area contributed by atoms with E-state index in [0.717, 1.165) is 17.9 Å². The molecule has 1 aliphatic heterocycles. The van der Waals surface area contributed by atoms with Gasteiger partial charge in [0, 0.05) is 11.8 Å². The lowest BCUT2D eigenvalue weighted by molar-refractivity contribution is 0.213. The van der Waals surface area contributed by atoms with Gasteiger partial charge < -0.3 is 0 Å². The summed E-state index contributed by atoms with van der Waals surface area (Å²) in [7, 11) is 0. The lowest BCUT2D eigenvalue weighted by Crippen LogP contribution is -2.46. The number of thioether (sulfide) groups is 1. The lowest BCUT2D eigenvalue weighted by atomic mass is 9.79. The van der Waals surface area contributed by atoms with E-state index in [9.17, 15) is 0 Å². The molecule has 1 aliphatic carbocycles. The largest absolute Gasteiger partial charge is 0.299 e. The van der Waals surface area contributed by atoms with Gasteiger partial charge in [0.25, 0.3) is 0 Å². The minimum atomic E-state index is 0.456. The normalized spacial score (nSPS) is 48.6. The molecule has 2 fully saturated rings. The molecule has 0 aromatic rings. The third-order valence-electron chi connectivity index (χ3n) is 3.68. The summed E-state index contributed by atoms with van der Waals surface area (Å²) >= 11 is 2.19. The Bertz CT molecular complexity index is 194. The van der Waals surface area contributed by atoms with Crippen LogP contribution in [0.2, 0.25) is 0 Å². The Balaban J connectivity index is 2.01. The van der Waals surface area contributed by atoms with Crippen molar-refractivity contribution in [1.82, 2.24) is 5.32 Å². The standard InChI is InChI=1S/C12H23NS/c1-4-11-8-14-12(13-11)6-9(2)5-10(3)7-12/h9-11,13H,4-8H2,1-3H3. The first-order valence-electron chi connectivity index (χ1n) is 6.05. The smallest absolute Gasteiger partial charge is 0.0653 e. The first-order chi connectivity index (χ1) is 6.63. The predicted octanol–water partition coefficient (Wildman–Crippen LogP) is 3.25. The fourth-order valence-corrected chi connectivity index (χ4v) is 5.13. The SMILES string of the molecule is CCC1CSC2(CC(C)CC(C)C2)N1. The Morgan fingerprint density at radius 1 is 1.29 bits per heavy atom. The summed E-state index contributed by atoms with van der Waals surface area (Å²) in [6.45, 7) is 7.13. The van der Waals surface area contributed by atoms with E-state index < -0.39 is 0 Å². The van der Waals surface area contributed by atoms with E-state index in [-0.39, 0.29) is 0 Å².